The SMILES string of the molecule is C=N/C(=C\c1cc(-c2cnc(C)n2C)ccc1C)NC(=O)C1CN(CCOC(C)C)C1. The second kappa shape index (κ2) is 10.0. The van der Waals surface area contributed by atoms with Gasteiger partial charge in [-0.05, 0) is 57.7 Å². The van der Waals surface area contributed by atoms with E-state index < -0.39 is 0 Å². The number of carbonyl (C=O) groups excluding carboxylic acids is 1. The topological polar surface area (TPSA) is 71.8 Å². The number of hydrogen-bond acceptors (Lipinski definition) is 5. The van der Waals surface area contributed by atoms with Gasteiger partial charge >= 0.3 is 0 Å². The summed E-state index contributed by atoms with van der Waals surface area (Å²) < 4.78 is 7.63. The lowest BCUT2D eigenvalue weighted by Crippen LogP contribution is -2.54. The minimum atomic E-state index is -0.0333. The maximum atomic E-state index is 12.6. The second-order valence-corrected chi connectivity index (χ2v) is 8.37. The molecule has 1 aliphatic heterocycles. The monoisotopic (exact) mass is 423 g/mol. The number of aryl methyl sites for hydroxylation is 2. The minimum absolute atomic E-state index is 0.0178. The Morgan fingerprint density at radius 3 is 2.74 bits per heavy atom. The molecule has 2 aromatic rings. The zero-order valence-electron chi connectivity index (χ0n) is 19.2. The number of nitrogens with zero attached hydrogens (tertiary/aromatic N) is 4. The fraction of sp³-hybridized carbons (Fsp3) is 0.458. The molecule has 1 aliphatic rings. The van der Waals surface area contributed by atoms with Gasteiger partial charge in [0.2, 0.25) is 5.91 Å². The van der Waals surface area contributed by atoms with Gasteiger partial charge in [0, 0.05) is 32.2 Å². The molecule has 1 N–H and O–H groups in total. The standard InChI is InChI=1S/C24H33N5O2/c1-16(2)31-10-9-29-14-21(15-29)24(30)27-23(25-5)12-20-11-19(8-7-17(20)3)22-13-26-18(4)28(22)6/h7-8,11-13,16,21H,5,9-10,14-15H2,1-4,6H3,(H,27,30)/b23-12+. The third-order valence-corrected chi connectivity index (χ3v) is 5.70. The predicted octanol–water partition coefficient (Wildman–Crippen LogP) is 3.18. The van der Waals surface area contributed by atoms with Crippen LogP contribution in [-0.2, 0) is 16.6 Å². The van der Waals surface area contributed by atoms with Gasteiger partial charge in [-0.2, -0.15) is 0 Å². The molecule has 1 aromatic heterocycles. The molecule has 0 spiro atoms. The molecule has 3 rings (SSSR count). The van der Waals surface area contributed by atoms with E-state index in [1.165, 1.54) is 0 Å². The number of hydrogen-bond donors (Lipinski definition) is 1. The predicted molar refractivity (Wildman–Crippen MR) is 125 cm³/mol. The number of carbonyl (C=O) groups is 1. The molecule has 0 bridgehead atoms. The van der Waals surface area contributed by atoms with E-state index in [1.807, 2.05) is 47.0 Å². The normalized spacial score (nSPS) is 15.2. The molecule has 31 heavy (non-hydrogen) atoms. The number of ether oxygens (including phenoxy) is 1. The van der Waals surface area contributed by atoms with E-state index in [9.17, 15) is 4.79 Å². The summed E-state index contributed by atoms with van der Waals surface area (Å²) >= 11 is 0. The van der Waals surface area contributed by atoms with Crippen LogP contribution in [0.3, 0.4) is 0 Å². The van der Waals surface area contributed by atoms with E-state index in [0.717, 1.165) is 47.8 Å². The van der Waals surface area contributed by atoms with Crippen molar-refractivity contribution in [2.45, 2.75) is 33.8 Å². The summed E-state index contributed by atoms with van der Waals surface area (Å²) in [5.74, 6) is 1.37. The Kier molecular flexibility index (Phi) is 7.41. The van der Waals surface area contributed by atoms with Crippen LogP contribution in [0.25, 0.3) is 17.3 Å². The third-order valence-electron chi connectivity index (χ3n) is 5.70. The highest BCUT2D eigenvalue weighted by Crippen LogP contribution is 2.24. The number of imidazole rings is 1. The minimum Gasteiger partial charge on any atom is -0.377 e. The summed E-state index contributed by atoms with van der Waals surface area (Å²) in [4.78, 5) is 23.3. The summed E-state index contributed by atoms with van der Waals surface area (Å²) in [6, 6.07) is 6.23. The largest absolute Gasteiger partial charge is 0.377 e. The number of nitrogens with one attached hydrogen (secondary N) is 1. The summed E-state index contributed by atoms with van der Waals surface area (Å²) in [6.45, 7) is 14.7. The van der Waals surface area contributed by atoms with E-state index >= 15 is 0 Å². The van der Waals surface area contributed by atoms with E-state index in [0.29, 0.717) is 12.4 Å². The van der Waals surface area contributed by atoms with Crippen molar-refractivity contribution in [1.29, 1.82) is 0 Å². The Bertz CT molecular complexity index is 970. The molecule has 0 saturated carbocycles. The van der Waals surface area contributed by atoms with Crippen molar-refractivity contribution < 1.29 is 9.53 Å². The lowest BCUT2D eigenvalue weighted by Gasteiger charge is -2.38. The average Bonchev–Trinajstić information content (AvgIpc) is 3.03. The first kappa shape index (κ1) is 22.9. The summed E-state index contributed by atoms with van der Waals surface area (Å²) in [6.07, 6.45) is 3.98. The van der Waals surface area contributed by atoms with Gasteiger partial charge in [0.05, 0.1) is 30.5 Å². The van der Waals surface area contributed by atoms with Gasteiger partial charge in [0.15, 0.2) is 0 Å². The Morgan fingerprint density at radius 1 is 1.39 bits per heavy atom. The van der Waals surface area contributed by atoms with E-state index in [4.69, 9.17) is 4.74 Å². The molecule has 0 atom stereocenters. The fourth-order valence-corrected chi connectivity index (χ4v) is 3.56. The smallest absolute Gasteiger partial charge is 0.231 e. The van der Waals surface area contributed by atoms with E-state index in [2.05, 4.69) is 49.7 Å². The molecule has 1 aromatic carbocycles. The van der Waals surface area contributed by atoms with Crippen LogP contribution in [0.15, 0.2) is 35.2 Å². The van der Waals surface area contributed by atoms with Gasteiger partial charge in [0.1, 0.15) is 11.6 Å². The maximum Gasteiger partial charge on any atom is 0.231 e. The van der Waals surface area contributed by atoms with Gasteiger partial charge in [-0.15, -0.1) is 0 Å². The van der Waals surface area contributed by atoms with Crippen LogP contribution >= 0.6 is 0 Å². The number of rotatable bonds is 9. The molecule has 7 heteroatoms. The van der Waals surface area contributed by atoms with E-state index in [-0.39, 0.29) is 17.9 Å². The number of aliphatic imine (C=N–C) groups is 1. The van der Waals surface area contributed by atoms with Crippen molar-refractivity contribution in [1.82, 2.24) is 19.8 Å². The van der Waals surface area contributed by atoms with Crippen LogP contribution in [0.5, 0.6) is 0 Å². The second-order valence-electron chi connectivity index (χ2n) is 8.37. The van der Waals surface area contributed by atoms with Crippen LogP contribution in [0, 0.1) is 19.8 Å². The van der Waals surface area contributed by atoms with Crippen LogP contribution in [0.2, 0.25) is 0 Å². The van der Waals surface area contributed by atoms with E-state index in [1.54, 1.807) is 0 Å². The van der Waals surface area contributed by atoms with Crippen molar-refractivity contribution in [3.63, 3.8) is 0 Å². The number of likely N-dealkylation sites (tertiary alicyclic amines) is 1. The van der Waals surface area contributed by atoms with Crippen molar-refractivity contribution in [3.8, 4) is 11.3 Å². The first-order chi connectivity index (χ1) is 14.8. The molecule has 0 unspecified atom stereocenters. The Labute approximate surface area is 184 Å². The van der Waals surface area contributed by atoms with Crippen molar-refractivity contribution in [2.75, 3.05) is 26.2 Å². The summed E-state index contributed by atoms with van der Waals surface area (Å²) in [5.41, 5.74) is 4.19. The van der Waals surface area contributed by atoms with Crippen molar-refractivity contribution in [3.05, 3.63) is 47.2 Å². The van der Waals surface area contributed by atoms with Crippen molar-refractivity contribution in [2.24, 2.45) is 18.0 Å². The zero-order valence-corrected chi connectivity index (χ0v) is 19.2. The van der Waals surface area contributed by atoms with Crippen LogP contribution < -0.4 is 5.32 Å². The fourth-order valence-electron chi connectivity index (χ4n) is 3.56. The number of aromatic nitrogens is 2. The van der Waals surface area contributed by atoms with Gasteiger partial charge in [-0.3, -0.25) is 9.69 Å². The molecule has 1 saturated heterocycles. The molecule has 0 aliphatic carbocycles. The Hall–Kier alpha value is -2.77. The maximum absolute atomic E-state index is 12.6. The van der Waals surface area contributed by atoms with Gasteiger partial charge in [0.25, 0.3) is 0 Å². The molecular weight excluding hydrogens is 390 g/mol. The molecular formula is C24H33N5O2. The third kappa shape index (κ3) is 5.68. The molecule has 1 fully saturated rings. The van der Waals surface area contributed by atoms with Crippen LogP contribution in [-0.4, -0.2) is 59.4 Å². The zero-order chi connectivity index (χ0) is 22.5. The van der Waals surface area contributed by atoms with Gasteiger partial charge in [-0.25, -0.2) is 9.98 Å². The van der Waals surface area contributed by atoms with Crippen molar-refractivity contribution >= 4 is 18.7 Å². The highest BCUT2D eigenvalue weighted by molar-refractivity contribution is 5.83. The quantitative estimate of drug-likeness (QED) is 0.629. The lowest BCUT2D eigenvalue weighted by molar-refractivity contribution is -0.129. The number of amides is 1. The highest BCUT2D eigenvalue weighted by atomic mass is 16.5. The molecule has 7 nitrogen and oxygen atoms in total. The number of benzene rings is 1. The first-order valence-electron chi connectivity index (χ1n) is 10.7. The van der Waals surface area contributed by atoms with Gasteiger partial charge in [-0.1, -0.05) is 12.1 Å². The average molecular weight is 424 g/mol. The van der Waals surface area contributed by atoms with Crippen LogP contribution in [0.4, 0.5) is 0 Å². The Balaban J connectivity index is 1.64. The van der Waals surface area contributed by atoms with Gasteiger partial charge < -0.3 is 14.6 Å². The summed E-state index contributed by atoms with van der Waals surface area (Å²) in [5, 5.41) is 2.93. The lowest BCUT2D eigenvalue weighted by atomic mass is 9.99. The molecule has 166 valence electrons. The molecule has 1 amide bonds. The molecule has 0 radical (unpaired) electrons. The highest BCUT2D eigenvalue weighted by Gasteiger charge is 2.32. The first-order valence-corrected chi connectivity index (χ1v) is 10.7. The summed E-state index contributed by atoms with van der Waals surface area (Å²) in [7, 11) is 2.00. The van der Waals surface area contributed by atoms with Crippen LogP contribution in [0.1, 0.15) is 30.8 Å². The molecule has 2 heterocycles. The Morgan fingerprint density at radius 2 is 2.13 bits per heavy atom.